The number of nitrogens with two attached hydrogens (primary N) is 1. The van der Waals surface area contributed by atoms with Crippen molar-refractivity contribution < 1.29 is 4.79 Å². The average Bonchev–Trinajstić information content (AvgIpc) is 2.50. The van der Waals surface area contributed by atoms with E-state index in [0.717, 1.165) is 31.0 Å². The summed E-state index contributed by atoms with van der Waals surface area (Å²) in [4.78, 5) is 13.9. The number of fused-ring (bicyclic) bond motifs is 1. The Morgan fingerprint density at radius 1 is 1.33 bits per heavy atom. The molecule has 2 aliphatic heterocycles. The highest BCUT2D eigenvalue weighted by Crippen LogP contribution is 2.31. The summed E-state index contributed by atoms with van der Waals surface area (Å²) in [5.41, 5.74) is 7.24. The third-order valence-corrected chi connectivity index (χ3v) is 5.02. The van der Waals surface area contributed by atoms with Crippen LogP contribution in [-0.2, 0) is 4.79 Å². The van der Waals surface area contributed by atoms with Crippen LogP contribution in [0.3, 0.4) is 0 Å². The van der Waals surface area contributed by atoms with Gasteiger partial charge in [-0.25, -0.2) is 0 Å². The first-order valence-corrected chi connectivity index (χ1v) is 8.04. The number of nitrogens with one attached hydrogen (secondary N) is 1. The van der Waals surface area contributed by atoms with Crippen molar-refractivity contribution in [2.75, 3.05) is 19.6 Å². The van der Waals surface area contributed by atoms with Gasteiger partial charge in [-0.2, -0.15) is 0 Å². The summed E-state index contributed by atoms with van der Waals surface area (Å²) in [6, 6.07) is 8.57. The number of halogens is 1. The van der Waals surface area contributed by atoms with Crippen molar-refractivity contribution in [1.82, 2.24) is 10.2 Å². The van der Waals surface area contributed by atoms with Crippen LogP contribution < -0.4 is 11.1 Å². The van der Waals surface area contributed by atoms with Gasteiger partial charge >= 0.3 is 0 Å². The van der Waals surface area contributed by atoms with E-state index in [1.165, 1.54) is 5.56 Å². The molecule has 0 radical (unpaired) electrons. The standard InChI is InChI=1S/C16H22ClN3O/c17-13-4-1-11(2-5-13)15(9-18)20-8-7-14-12(10-20)3-6-16(21)19-14/h1-2,4-5,12,14-15H,3,6-10,18H2,(H,19,21). The highest BCUT2D eigenvalue weighted by Gasteiger charge is 2.35. The van der Waals surface area contributed by atoms with Gasteiger partial charge in [-0.3, -0.25) is 9.69 Å². The van der Waals surface area contributed by atoms with Gasteiger partial charge in [0.1, 0.15) is 0 Å². The summed E-state index contributed by atoms with van der Waals surface area (Å²) in [7, 11) is 0. The van der Waals surface area contributed by atoms with Crippen molar-refractivity contribution in [2.24, 2.45) is 11.7 Å². The maximum absolute atomic E-state index is 11.5. The Morgan fingerprint density at radius 3 is 2.81 bits per heavy atom. The van der Waals surface area contributed by atoms with Crippen LogP contribution in [0.4, 0.5) is 0 Å². The summed E-state index contributed by atoms with van der Waals surface area (Å²) in [6.45, 7) is 2.59. The Morgan fingerprint density at radius 2 is 2.10 bits per heavy atom. The number of rotatable bonds is 3. The van der Waals surface area contributed by atoms with Crippen molar-refractivity contribution >= 4 is 17.5 Å². The normalized spacial score (nSPS) is 27.8. The molecule has 5 heteroatoms. The number of hydrogen-bond acceptors (Lipinski definition) is 3. The number of hydrogen-bond donors (Lipinski definition) is 2. The van der Waals surface area contributed by atoms with E-state index >= 15 is 0 Å². The SMILES string of the molecule is NCC(c1ccc(Cl)cc1)N1CCC2NC(=O)CCC2C1. The molecule has 2 aliphatic rings. The first kappa shape index (κ1) is 14.8. The first-order valence-electron chi connectivity index (χ1n) is 7.66. The minimum Gasteiger partial charge on any atom is -0.353 e. The highest BCUT2D eigenvalue weighted by molar-refractivity contribution is 6.30. The van der Waals surface area contributed by atoms with E-state index in [1.807, 2.05) is 12.1 Å². The zero-order valence-corrected chi connectivity index (χ0v) is 12.9. The summed E-state index contributed by atoms with van der Waals surface area (Å²) < 4.78 is 0. The minimum absolute atomic E-state index is 0.206. The molecular weight excluding hydrogens is 286 g/mol. The topological polar surface area (TPSA) is 58.4 Å². The Kier molecular flexibility index (Phi) is 4.48. The molecule has 1 amide bonds. The van der Waals surface area contributed by atoms with Crippen LogP contribution in [0.1, 0.15) is 30.9 Å². The second kappa shape index (κ2) is 6.34. The molecule has 0 aliphatic carbocycles. The van der Waals surface area contributed by atoms with Gasteiger partial charge < -0.3 is 11.1 Å². The molecule has 0 saturated carbocycles. The van der Waals surface area contributed by atoms with Crippen LogP contribution in [-0.4, -0.2) is 36.5 Å². The Hall–Kier alpha value is -1.10. The van der Waals surface area contributed by atoms with Gasteiger partial charge in [-0.1, -0.05) is 23.7 Å². The molecule has 0 aromatic heterocycles. The fourth-order valence-electron chi connectivity index (χ4n) is 3.60. The number of likely N-dealkylation sites (tertiary alicyclic amines) is 1. The van der Waals surface area contributed by atoms with Crippen molar-refractivity contribution in [3.8, 4) is 0 Å². The van der Waals surface area contributed by atoms with Gasteiger partial charge in [0.05, 0.1) is 0 Å². The van der Waals surface area contributed by atoms with Crippen LogP contribution >= 0.6 is 11.6 Å². The predicted octanol–water partition coefficient (Wildman–Crippen LogP) is 1.94. The van der Waals surface area contributed by atoms with Crippen molar-refractivity contribution in [2.45, 2.75) is 31.3 Å². The molecule has 1 aromatic rings. The maximum Gasteiger partial charge on any atom is 0.220 e. The molecule has 114 valence electrons. The second-order valence-electron chi connectivity index (χ2n) is 6.06. The lowest BCUT2D eigenvalue weighted by Crippen LogP contribution is -2.55. The van der Waals surface area contributed by atoms with Gasteiger partial charge in [0.2, 0.25) is 5.91 Å². The molecule has 3 N–H and O–H groups in total. The van der Waals surface area contributed by atoms with Gasteiger partial charge in [0.15, 0.2) is 0 Å². The Balaban J connectivity index is 1.71. The van der Waals surface area contributed by atoms with E-state index in [2.05, 4.69) is 22.3 Å². The number of benzene rings is 1. The van der Waals surface area contributed by atoms with E-state index in [0.29, 0.717) is 24.9 Å². The fourth-order valence-corrected chi connectivity index (χ4v) is 3.73. The molecule has 2 fully saturated rings. The molecular formula is C16H22ClN3O. The minimum atomic E-state index is 0.206. The van der Waals surface area contributed by atoms with E-state index in [1.54, 1.807) is 0 Å². The molecule has 2 saturated heterocycles. The zero-order valence-electron chi connectivity index (χ0n) is 12.1. The summed E-state index contributed by atoms with van der Waals surface area (Å²) >= 11 is 5.97. The van der Waals surface area contributed by atoms with Crippen LogP contribution in [0.2, 0.25) is 5.02 Å². The predicted molar refractivity (Wildman–Crippen MR) is 84.1 cm³/mol. The third kappa shape index (κ3) is 3.23. The lowest BCUT2D eigenvalue weighted by atomic mass is 9.84. The van der Waals surface area contributed by atoms with Crippen LogP contribution in [0.5, 0.6) is 0 Å². The quantitative estimate of drug-likeness (QED) is 0.897. The smallest absolute Gasteiger partial charge is 0.220 e. The van der Waals surface area contributed by atoms with E-state index in [4.69, 9.17) is 17.3 Å². The zero-order chi connectivity index (χ0) is 14.8. The lowest BCUT2D eigenvalue weighted by Gasteiger charge is -2.44. The number of piperidine rings is 2. The average molecular weight is 308 g/mol. The van der Waals surface area contributed by atoms with E-state index < -0.39 is 0 Å². The van der Waals surface area contributed by atoms with Gasteiger partial charge in [-0.05, 0) is 36.5 Å². The molecule has 3 atom stereocenters. The Bertz CT molecular complexity index is 505. The largest absolute Gasteiger partial charge is 0.353 e. The Labute approximate surface area is 130 Å². The van der Waals surface area contributed by atoms with Crippen molar-refractivity contribution in [3.63, 3.8) is 0 Å². The van der Waals surface area contributed by atoms with Gasteiger partial charge in [0.25, 0.3) is 0 Å². The number of amides is 1. The van der Waals surface area contributed by atoms with Crippen LogP contribution in [0, 0.1) is 5.92 Å². The molecule has 1 aromatic carbocycles. The van der Waals surface area contributed by atoms with Gasteiger partial charge in [0, 0.05) is 43.2 Å². The molecule has 0 spiro atoms. The lowest BCUT2D eigenvalue weighted by molar-refractivity contribution is -0.125. The van der Waals surface area contributed by atoms with Crippen molar-refractivity contribution in [1.29, 1.82) is 0 Å². The van der Waals surface area contributed by atoms with E-state index in [9.17, 15) is 4.79 Å². The fraction of sp³-hybridized carbons (Fsp3) is 0.562. The molecule has 3 rings (SSSR count). The summed E-state index contributed by atoms with van der Waals surface area (Å²) in [5, 5.41) is 3.88. The summed E-state index contributed by atoms with van der Waals surface area (Å²) in [5.74, 6) is 0.760. The van der Waals surface area contributed by atoms with Crippen molar-refractivity contribution in [3.05, 3.63) is 34.9 Å². The van der Waals surface area contributed by atoms with Crippen LogP contribution in [0.15, 0.2) is 24.3 Å². The third-order valence-electron chi connectivity index (χ3n) is 4.77. The van der Waals surface area contributed by atoms with Gasteiger partial charge in [-0.15, -0.1) is 0 Å². The molecule has 0 bridgehead atoms. The van der Waals surface area contributed by atoms with Crippen LogP contribution in [0.25, 0.3) is 0 Å². The number of carbonyl (C=O) groups excluding carboxylic acids is 1. The highest BCUT2D eigenvalue weighted by atomic mass is 35.5. The molecule has 21 heavy (non-hydrogen) atoms. The summed E-state index contributed by atoms with van der Waals surface area (Å²) in [6.07, 6.45) is 2.66. The second-order valence-corrected chi connectivity index (χ2v) is 6.50. The number of carbonyl (C=O) groups is 1. The maximum atomic E-state index is 11.5. The molecule has 4 nitrogen and oxygen atoms in total. The number of nitrogens with zero attached hydrogens (tertiary/aromatic N) is 1. The van der Waals surface area contributed by atoms with E-state index in [-0.39, 0.29) is 11.9 Å². The molecule has 2 heterocycles. The first-order chi connectivity index (χ1) is 10.2. The monoisotopic (exact) mass is 307 g/mol. The molecule has 3 unspecified atom stereocenters.